The lowest BCUT2D eigenvalue weighted by Crippen LogP contribution is -2.15. The molecule has 0 spiro atoms. The maximum absolute atomic E-state index is 11.5. The molecule has 0 aliphatic heterocycles. The van der Waals surface area contributed by atoms with Gasteiger partial charge in [-0.15, -0.1) is 0 Å². The van der Waals surface area contributed by atoms with Crippen LogP contribution in [0.2, 0.25) is 0 Å². The largest absolute Gasteiger partial charge is 0.493 e. The summed E-state index contributed by atoms with van der Waals surface area (Å²) >= 11 is 0. The smallest absolute Gasteiger partial charge is 0.308 e. The van der Waals surface area contributed by atoms with Crippen LogP contribution in [0.1, 0.15) is 24.8 Å². The molecule has 0 heterocycles. The lowest BCUT2D eigenvalue weighted by Gasteiger charge is -2.15. The highest BCUT2D eigenvalue weighted by atomic mass is 16.5. The first kappa shape index (κ1) is 15.8. The third-order valence-corrected chi connectivity index (χ3v) is 4.10. The van der Waals surface area contributed by atoms with Crippen molar-refractivity contribution in [3.8, 4) is 5.75 Å². The maximum atomic E-state index is 11.5. The molecule has 1 saturated carbocycles. The summed E-state index contributed by atoms with van der Waals surface area (Å²) in [4.78, 5) is 11.5. The van der Waals surface area contributed by atoms with Crippen LogP contribution in [0.3, 0.4) is 0 Å². The van der Waals surface area contributed by atoms with Crippen LogP contribution in [-0.2, 0) is 20.7 Å². The second-order valence-electron chi connectivity index (χ2n) is 5.56. The van der Waals surface area contributed by atoms with Gasteiger partial charge in [0, 0.05) is 7.11 Å². The van der Waals surface area contributed by atoms with E-state index in [4.69, 9.17) is 14.2 Å². The quantitative estimate of drug-likeness (QED) is 0.725. The van der Waals surface area contributed by atoms with Crippen molar-refractivity contribution in [1.29, 1.82) is 0 Å². The molecule has 4 heteroatoms. The number of para-hydroxylation sites is 1. The van der Waals surface area contributed by atoms with Gasteiger partial charge in [-0.3, -0.25) is 4.79 Å². The normalized spacial score (nSPS) is 21.2. The van der Waals surface area contributed by atoms with Gasteiger partial charge >= 0.3 is 5.97 Å². The highest BCUT2D eigenvalue weighted by Gasteiger charge is 2.30. The summed E-state index contributed by atoms with van der Waals surface area (Å²) in [6.07, 6.45) is 3.65. The van der Waals surface area contributed by atoms with E-state index >= 15 is 0 Å². The van der Waals surface area contributed by atoms with Crippen molar-refractivity contribution >= 4 is 5.97 Å². The molecule has 0 aromatic heterocycles. The molecule has 1 aromatic carbocycles. The molecule has 2 rings (SSSR count). The number of methoxy groups -OCH3 is 2. The standard InChI is InChI=1S/C17H24O4/c1-19-10-9-14-5-3-4-6-16(14)21-12-13-7-8-15(11-13)17(18)20-2/h3-6,13,15H,7-12H2,1-2H3/t13-,15+/m1/s1. The molecule has 0 bridgehead atoms. The van der Waals surface area contributed by atoms with Crippen molar-refractivity contribution in [3.63, 3.8) is 0 Å². The topological polar surface area (TPSA) is 44.8 Å². The molecule has 1 aliphatic carbocycles. The van der Waals surface area contributed by atoms with Gasteiger partial charge in [0.25, 0.3) is 0 Å². The third kappa shape index (κ3) is 4.46. The minimum absolute atomic E-state index is 0.0485. The summed E-state index contributed by atoms with van der Waals surface area (Å²) in [5.41, 5.74) is 1.17. The number of benzene rings is 1. The van der Waals surface area contributed by atoms with Crippen LogP contribution in [0.4, 0.5) is 0 Å². The number of carbonyl (C=O) groups excluding carboxylic acids is 1. The zero-order valence-corrected chi connectivity index (χ0v) is 12.8. The monoisotopic (exact) mass is 292 g/mol. The van der Waals surface area contributed by atoms with Gasteiger partial charge in [-0.2, -0.15) is 0 Å². The number of ether oxygens (including phenoxy) is 3. The molecule has 0 unspecified atom stereocenters. The van der Waals surface area contributed by atoms with Gasteiger partial charge < -0.3 is 14.2 Å². The first-order valence-corrected chi connectivity index (χ1v) is 7.52. The van der Waals surface area contributed by atoms with Crippen molar-refractivity contribution in [2.45, 2.75) is 25.7 Å². The van der Waals surface area contributed by atoms with Gasteiger partial charge in [-0.05, 0) is 43.2 Å². The molecule has 4 nitrogen and oxygen atoms in total. The predicted molar refractivity (Wildman–Crippen MR) is 80.4 cm³/mol. The minimum Gasteiger partial charge on any atom is -0.493 e. The van der Waals surface area contributed by atoms with Crippen LogP contribution >= 0.6 is 0 Å². The van der Waals surface area contributed by atoms with E-state index in [1.807, 2.05) is 18.2 Å². The number of hydrogen-bond acceptors (Lipinski definition) is 4. The summed E-state index contributed by atoms with van der Waals surface area (Å²) in [5, 5.41) is 0. The summed E-state index contributed by atoms with van der Waals surface area (Å²) < 4.78 is 15.9. The lowest BCUT2D eigenvalue weighted by molar-refractivity contribution is -0.145. The average Bonchev–Trinajstić information content (AvgIpc) is 3.00. The van der Waals surface area contributed by atoms with E-state index in [0.717, 1.165) is 31.4 Å². The molecule has 21 heavy (non-hydrogen) atoms. The Bertz CT molecular complexity index is 458. The predicted octanol–water partition coefficient (Wildman–Crippen LogP) is 2.84. The van der Waals surface area contributed by atoms with Crippen molar-refractivity contribution in [2.24, 2.45) is 11.8 Å². The van der Waals surface area contributed by atoms with Gasteiger partial charge in [0.05, 0.1) is 26.2 Å². The van der Waals surface area contributed by atoms with E-state index in [1.54, 1.807) is 7.11 Å². The molecule has 0 radical (unpaired) electrons. The fourth-order valence-corrected chi connectivity index (χ4v) is 2.88. The zero-order chi connectivity index (χ0) is 15.1. The lowest BCUT2D eigenvalue weighted by atomic mass is 10.1. The molecular weight excluding hydrogens is 268 g/mol. The van der Waals surface area contributed by atoms with E-state index in [1.165, 1.54) is 12.7 Å². The van der Waals surface area contributed by atoms with Gasteiger partial charge in [-0.25, -0.2) is 0 Å². The van der Waals surface area contributed by atoms with Gasteiger partial charge in [0.1, 0.15) is 5.75 Å². The number of carbonyl (C=O) groups is 1. The van der Waals surface area contributed by atoms with Gasteiger partial charge in [0.15, 0.2) is 0 Å². The first-order chi connectivity index (χ1) is 10.2. The average molecular weight is 292 g/mol. The molecule has 1 aliphatic rings. The van der Waals surface area contributed by atoms with Crippen LogP contribution in [0, 0.1) is 11.8 Å². The Morgan fingerprint density at radius 2 is 2.05 bits per heavy atom. The Labute approximate surface area is 126 Å². The summed E-state index contributed by atoms with van der Waals surface area (Å²) in [6.45, 7) is 1.35. The molecule has 1 aromatic rings. The van der Waals surface area contributed by atoms with Crippen LogP contribution in [0.15, 0.2) is 24.3 Å². The fraction of sp³-hybridized carbons (Fsp3) is 0.588. The van der Waals surface area contributed by atoms with Crippen LogP contribution in [0.5, 0.6) is 5.75 Å². The second-order valence-corrected chi connectivity index (χ2v) is 5.56. The molecule has 0 saturated heterocycles. The summed E-state index contributed by atoms with van der Waals surface area (Å²) in [5.74, 6) is 1.32. The Morgan fingerprint density at radius 1 is 1.24 bits per heavy atom. The van der Waals surface area contributed by atoms with E-state index in [0.29, 0.717) is 19.1 Å². The molecule has 2 atom stereocenters. The van der Waals surface area contributed by atoms with Crippen molar-refractivity contribution in [3.05, 3.63) is 29.8 Å². The molecule has 0 amide bonds. The van der Waals surface area contributed by atoms with Gasteiger partial charge in [-0.1, -0.05) is 18.2 Å². The molecule has 1 fully saturated rings. The molecule has 116 valence electrons. The Kier molecular flexibility index (Phi) is 6.05. The van der Waals surface area contributed by atoms with E-state index in [2.05, 4.69) is 6.07 Å². The summed E-state index contributed by atoms with van der Waals surface area (Å²) in [6, 6.07) is 8.07. The van der Waals surface area contributed by atoms with E-state index in [9.17, 15) is 4.79 Å². The van der Waals surface area contributed by atoms with Crippen LogP contribution in [0.25, 0.3) is 0 Å². The van der Waals surface area contributed by atoms with Crippen molar-refractivity contribution in [1.82, 2.24) is 0 Å². The molecular formula is C17H24O4. The maximum Gasteiger partial charge on any atom is 0.308 e. The highest BCUT2D eigenvalue weighted by Crippen LogP contribution is 2.32. The molecule has 0 N–H and O–H groups in total. The summed E-state index contributed by atoms with van der Waals surface area (Å²) in [7, 11) is 3.16. The Balaban J connectivity index is 1.85. The first-order valence-electron chi connectivity index (χ1n) is 7.52. The number of hydrogen-bond donors (Lipinski definition) is 0. The fourth-order valence-electron chi connectivity index (χ4n) is 2.88. The third-order valence-electron chi connectivity index (χ3n) is 4.10. The Hall–Kier alpha value is -1.55. The van der Waals surface area contributed by atoms with Crippen LogP contribution in [-0.4, -0.2) is 33.4 Å². The zero-order valence-electron chi connectivity index (χ0n) is 12.8. The highest BCUT2D eigenvalue weighted by molar-refractivity contribution is 5.72. The SMILES string of the molecule is COCCc1ccccc1OC[C@@H]1CC[C@H](C(=O)OC)C1. The van der Waals surface area contributed by atoms with Gasteiger partial charge in [0.2, 0.25) is 0 Å². The Morgan fingerprint density at radius 3 is 2.81 bits per heavy atom. The number of rotatable bonds is 7. The second kappa shape index (κ2) is 8.03. The van der Waals surface area contributed by atoms with E-state index in [-0.39, 0.29) is 11.9 Å². The van der Waals surface area contributed by atoms with E-state index < -0.39 is 0 Å². The number of esters is 1. The minimum atomic E-state index is -0.0852. The van der Waals surface area contributed by atoms with Crippen LogP contribution < -0.4 is 4.74 Å². The van der Waals surface area contributed by atoms with Crippen molar-refractivity contribution < 1.29 is 19.0 Å². The van der Waals surface area contributed by atoms with Crippen molar-refractivity contribution in [2.75, 3.05) is 27.4 Å².